The lowest BCUT2D eigenvalue weighted by Crippen LogP contribution is -2.14. The molecule has 2 heterocycles. The van der Waals surface area contributed by atoms with Crippen molar-refractivity contribution < 1.29 is 4.79 Å². The van der Waals surface area contributed by atoms with Crippen molar-refractivity contribution in [2.24, 2.45) is 0 Å². The van der Waals surface area contributed by atoms with Gasteiger partial charge in [-0.1, -0.05) is 23.2 Å². The summed E-state index contributed by atoms with van der Waals surface area (Å²) in [5.41, 5.74) is 3.19. The Balaban J connectivity index is 1.75. The molecule has 1 aromatic carbocycles. The van der Waals surface area contributed by atoms with Gasteiger partial charge in [0.05, 0.1) is 22.8 Å². The van der Waals surface area contributed by atoms with Gasteiger partial charge in [0.15, 0.2) is 0 Å². The zero-order valence-electron chi connectivity index (χ0n) is 11.8. The first-order valence-corrected chi connectivity index (χ1v) is 7.46. The van der Waals surface area contributed by atoms with E-state index in [9.17, 15) is 4.79 Å². The lowest BCUT2D eigenvalue weighted by molar-refractivity contribution is -0.115. The van der Waals surface area contributed by atoms with E-state index in [0.29, 0.717) is 21.4 Å². The average Bonchev–Trinajstić information content (AvgIpc) is 2.83. The predicted molar refractivity (Wildman–Crippen MR) is 88.7 cm³/mol. The monoisotopic (exact) mass is 333 g/mol. The number of amides is 1. The Morgan fingerprint density at radius 3 is 2.86 bits per heavy atom. The Labute approximate surface area is 137 Å². The molecule has 3 rings (SSSR count). The summed E-state index contributed by atoms with van der Waals surface area (Å²) in [6.45, 7) is 2.00. The summed E-state index contributed by atoms with van der Waals surface area (Å²) in [4.78, 5) is 16.6. The van der Waals surface area contributed by atoms with E-state index in [2.05, 4.69) is 10.3 Å². The number of nitrogens with one attached hydrogen (secondary N) is 1. The molecule has 3 aromatic rings. The van der Waals surface area contributed by atoms with E-state index < -0.39 is 0 Å². The molecule has 0 radical (unpaired) electrons. The van der Waals surface area contributed by atoms with E-state index in [-0.39, 0.29) is 12.3 Å². The van der Waals surface area contributed by atoms with E-state index in [1.54, 1.807) is 18.2 Å². The van der Waals surface area contributed by atoms with Gasteiger partial charge < -0.3 is 9.72 Å². The van der Waals surface area contributed by atoms with Gasteiger partial charge in [-0.2, -0.15) is 0 Å². The van der Waals surface area contributed by atoms with Crippen LogP contribution >= 0.6 is 23.2 Å². The second kappa shape index (κ2) is 5.99. The van der Waals surface area contributed by atoms with Crippen LogP contribution in [-0.2, 0) is 11.2 Å². The van der Waals surface area contributed by atoms with Crippen LogP contribution in [0.5, 0.6) is 0 Å². The second-order valence-corrected chi connectivity index (χ2v) is 5.89. The molecule has 0 saturated carbocycles. The highest BCUT2D eigenvalue weighted by Gasteiger charge is 2.10. The maximum absolute atomic E-state index is 12.1. The first kappa shape index (κ1) is 14.9. The van der Waals surface area contributed by atoms with Gasteiger partial charge in [0.2, 0.25) is 5.91 Å². The van der Waals surface area contributed by atoms with Gasteiger partial charge in [-0.25, -0.2) is 4.98 Å². The number of benzene rings is 1. The van der Waals surface area contributed by atoms with E-state index in [4.69, 9.17) is 23.2 Å². The third-order valence-corrected chi connectivity index (χ3v) is 3.76. The standard InChI is InChI=1S/C16H13Cl2N3O/c1-10-4-5-21-9-12(19-15(21)6-10)8-16(22)20-14-3-2-11(17)7-13(14)18/h2-7,9H,8H2,1H3,(H,20,22). The molecule has 0 aliphatic carbocycles. The zero-order valence-corrected chi connectivity index (χ0v) is 13.3. The number of aromatic nitrogens is 2. The van der Waals surface area contributed by atoms with Crippen molar-refractivity contribution in [3.05, 3.63) is 64.0 Å². The third kappa shape index (κ3) is 3.24. The SMILES string of the molecule is Cc1ccn2cc(CC(=O)Nc3ccc(Cl)cc3Cl)nc2c1. The fraction of sp³-hybridized carbons (Fsp3) is 0.125. The van der Waals surface area contributed by atoms with Gasteiger partial charge in [-0.05, 0) is 42.8 Å². The van der Waals surface area contributed by atoms with Gasteiger partial charge in [0.25, 0.3) is 0 Å². The highest BCUT2D eigenvalue weighted by Crippen LogP contribution is 2.25. The smallest absolute Gasteiger partial charge is 0.230 e. The Morgan fingerprint density at radius 2 is 2.09 bits per heavy atom. The zero-order chi connectivity index (χ0) is 15.7. The quantitative estimate of drug-likeness (QED) is 0.783. The van der Waals surface area contributed by atoms with Crippen molar-refractivity contribution in [3.8, 4) is 0 Å². The highest BCUT2D eigenvalue weighted by molar-refractivity contribution is 6.36. The molecule has 112 valence electrons. The molecule has 0 spiro atoms. The van der Waals surface area contributed by atoms with Crippen molar-refractivity contribution in [3.63, 3.8) is 0 Å². The minimum Gasteiger partial charge on any atom is -0.324 e. The number of aryl methyl sites for hydroxylation is 1. The Bertz CT molecular complexity index is 858. The number of hydrogen-bond donors (Lipinski definition) is 1. The molecular weight excluding hydrogens is 321 g/mol. The van der Waals surface area contributed by atoms with E-state index in [0.717, 1.165) is 11.2 Å². The fourth-order valence-corrected chi connectivity index (χ4v) is 2.63. The number of rotatable bonds is 3. The van der Waals surface area contributed by atoms with Crippen LogP contribution in [0.25, 0.3) is 5.65 Å². The van der Waals surface area contributed by atoms with Crippen molar-refractivity contribution in [1.82, 2.24) is 9.38 Å². The molecule has 0 atom stereocenters. The van der Waals surface area contributed by atoms with Crippen molar-refractivity contribution >= 4 is 40.4 Å². The van der Waals surface area contributed by atoms with Crippen molar-refractivity contribution in [2.75, 3.05) is 5.32 Å². The largest absolute Gasteiger partial charge is 0.324 e. The van der Waals surface area contributed by atoms with Crippen LogP contribution in [0.1, 0.15) is 11.3 Å². The molecule has 0 saturated heterocycles. The number of nitrogens with zero attached hydrogens (tertiary/aromatic N) is 2. The topological polar surface area (TPSA) is 46.4 Å². The third-order valence-electron chi connectivity index (χ3n) is 3.21. The first-order valence-electron chi connectivity index (χ1n) is 6.70. The number of pyridine rings is 1. The van der Waals surface area contributed by atoms with Gasteiger partial charge in [-0.15, -0.1) is 0 Å². The number of imidazole rings is 1. The summed E-state index contributed by atoms with van der Waals surface area (Å²) in [5, 5.41) is 3.70. The Hall–Kier alpha value is -2.04. The van der Waals surface area contributed by atoms with Crippen LogP contribution < -0.4 is 5.32 Å². The maximum atomic E-state index is 12.1. The molecule has 0 fully saturated rings. The lowest BCUT2D eigenvalue weighted by Gasteiger charge is -2.06. The van der Waals surface area contributed by atoms with Crippen molar-refractivity contribution in [2.45, 2.75) is 13.3 Å². The Morgan fingerprint density at radius 1 is 1.27 bits per heavy atom. The number of anilines is 1. The summed E-state index contributed by atoms with van der Waals surface area (Å²) in [7, 11) is 0. The number of hydrogen-bond acceptors (Lipinski definition) is 2. The molecule has 2 aromatic heterocycles. The summed E-state index contributed by atoms with van der Waals surface area (Å²) >= 11 is 11.9. The highest BCUT2D eigenvalue weighted by atomic mass is 35.5. The number of carbonyl (C=O) groups is 1. The number of halogens is 2. The summed E-state index contributed by atoms with van der Waals surface area (Å²) in [5.74, 6) is -0.177. The van der Waals surface area contributed by atoms with Crippen LogP contribution in [0.2, 0.25) is 10.0 Å². The number of carbonyl (C=O) groups excluding carboxylic acids is 1. The minimum absolute atomic E-state index is 0.177. The van der Waals surface area contributed by atoms with Crippen LogP contribution in [0.3, 0.4) is 0 Å². The molecule has 0 aliphatic rings. The summed E-state index contributed by atoms with van der Waals surface area (Å²) in [6.07, 6.45) is 3.95. The van der Waals surface area contributed by atoms with Gasteiger partial charge >= 0.3 is 0 Å². The Kier molecular flexibility index (Phi) is 4.05. The second-order valence-electron chi connectivity index (χ2n) is 5.05. The van der Waals surface area contributed by atoms with E-state index in [1.165, 1.54) is 0 Å². The van der Waals surface area contributed by atoms with Crippen LogP contribution in [0.15, 0.2) is 42.7 Å². The van der Waals surface area contributed by atoms with Gasteiger partial charge in [0, 0.05) is 17.4 Å². The molecule has 6 heteroatoms. The molecule has 0 unspecified atom stereocenters. The first-order chi connectivity index (χ1) is 10.5. The summed E-state index contributed by atoms with van der Waals surface area (Å²) < 4.78 is 1.89. The van der Waals surface area contributed by atoms with Crippen molar-refractivity contribution in [1.29, 1.82) is 0 Å². The van der Waals surface area contributed by atoms with Crippen LogP contribution in [0, 0.1) is 6.92 Å². The summed E-state index contributed by atoms with van der Waals surface area (Å²) in [6, 6.07) is 8.90. The van der Waals surface area contributed by atoms with Crippen LogP contribution in [0.4, 0.5) is 5.69 Å². The predicted octanol–water partition coefficient (Wildman–Crippen LogP) is 4.13. The molecular formula is C16H13Cl2N3O. The molecule has 4 nitrogen and oxygen atoms in total. The average molecular weight is 334 g/mol. The van der Waals surface area contributed by atoms with Gasteiger partial charge in [0.1, 0.15) is 5.65 Å². The molecule has 1 N–H and O–H groups in total. The minimum atomic E-state index is -0.177. The number of fused-ring (bicyclic) bond motifs is 1. The molecule has 1 amide bonds. The molecule has 0 bridgehead atoms. The normalized spacial score (nSPS) is 10.9. The molecule has 0 aliphatic heterocycles. The fourth-order valence-electron chi connectivity index (χ4n) is 2.17. The van der Waals surface area contributed by atoms with E-state index in [1.807, 2.05) is 35.9 Å². The van der Waals surface area contributed by atoms with Gasteiger partial charge in [-0.3, -0.25) is 4.79 Å². The van der Waals surface area contributed by atoms with Crippen LogP contribution in [-0.4, -0.2) is 15.3 Å². The lowest BCUT2D eigenvalue weighted by atomic mass is 10.3. The maximum Gasteiger partial charge on any atom is 0.230 e. The molecule has 22 heavy (non-hydrogen) atoms. The van der Waals surface area contributed by atoms with E-state index >= 15 is 0 Å².